The van der Waals surface area contributed by atoms with E-state index in [9.17, 15) is 14.4 Å². The molecule has 0 heterocycles. The predicted octanol–water partition coefficient (Wildman–Crippen LogP) is 2.65. The van der Waals surface area contributed by atoms with Crippen molar-refractivity contribution in [1.82, 2.24) is 5.32 Å². The Kier molecular flexibility index (Phi) is 8.88. The van der Waals surface area contributed by atoms with Gasteiger partial charge in [-0.3, -0.25) is 4.79 Å². The monoisotopic (exact) mass is 407 g/mol. The van der Waals surface area contributed by atoms with E-state index in [0.29, 0.717) is 27.9 Å². The lowest BCUT2D eigenvalue weighted by Gasteiger charge is -2.19. The summed E-state index contributed by atoms with van der Waals surface area (Å²) in [6.45, 7) is 1.40. The van der Waals surface area contributed by atoms with E-state index in [-0.39, 0.29) is 0 Å². The highest BCUT2D eigenvalue weighted by atomic mass is 35.5. The molecule has 4 N–H and O–H groups in total. The molecule has 0 saturated heterocycles. The lowest BCUT2D eigenvalue weighted by molar-refractivity contribution is -0.155. The van der Waals surface area contributed by atoms with Crippen LogP contribution < -0.4 is 16.4 Å². The van der Waals surface area contributed by atoms with Gasteiger partial charge in [-0.25, -0.2) is 9.59 Å². The van der Waals surface area contributed by atoms with Crippen LogP contribution in [0.3, 0.4) is 0 Å². The topological polar surface area (TPSA) is 111 Å². The maximum absolute atomic E-state index is 12.2. The molecule has 25 heavy (non-hydrogen) atoms. The van der Waals surface area contributed by atoms with E-state index in [4.69, 9.17) is 33.7 Å². The molecule has 0 fully saturated rings. The first-order valence-electron chi connectivity index (χ1n) is 7.26. The minimum Gasteiger partial charge on any atom is -0.451 e. The van der Waals surface area contributed by atoms with Crippen molar-refractivity contribution >= 4 is 58.6 Å². The fourth-order valence-corrected chi connectivity index (χ4v) is 2.60. The van der Waals surface area contributed by atoms with Crippen LogP contribution in [0.5, 0.6) is 0 Å². The number of benzene rings is 1. The number of ether oxygens (including phenoxy) is 1. The summed E-state index contributed by atoms with van der Waals surface area (Å²) in [7, 11) is 0. The lowest BCUT2D eigenvalue weighted by Crippen LogP contribution is -2.46. The summed E-state index contributed by atoms with van der Waals surface area (Å²) in [5.41, 5.74) is 5.36. The molecule has 0 bridgehead atoms. The fraction of sp³-hybridized carbons (Fsp3) is 0.400. The third-order valence-electron chi connectivity index (χ3n) is 3.06. The highest BCUT2D eigenvalue weighted by molar-refractivity contribution is 7.98. The van der Waals surface area contributed by atoms with Crippen LogP contribution in [0.4, 0.5) is 10.5 Å². The molecule has 0 spiro atoms. The number of nitrogens with one attached hydrogen (secondary N) is 2. The van der Waals surface area contributed by atoms with Gasteiger partial charge in [-0.15, -0.1) is 0 Å². The second-order valence-electron chi connectivity index (χ2n) is 5.04. The summed E-state index contributed by atoms with van der Waals surface area (Å²) in [4.78, 5) is 35.3. The number of carbonyl (C=O) groups is 3. The van der Waals surface area contributed by atoms with E-state index < -0.39 is 30.1 Å². The molecule has 10 heteroatoms. The Balaban J connectivity index is 2.69. The summed E-state index contributed by atoms with van der Waals surface area (Å²) < 4.78 is 5.11. The molecular weight excluding hydrogens is 389 g/mol. The number of halogens is 2. The Labute approximate surface area is 159 Å². The molecule has 0 aliphatic heterocycles. The highest BCUT2D eigenvalue weighted by Crippen LogP contribution is 2.25. The average molecular weight is 408 g/mol. The first-order valence-corrected chi connectivity index (χ1v) is 9.41. The maximum atomic E-state index is 12.2. The van der Waals surface area contributed by atoms with Crippen LogP contribution in [0.2, 0.25) is 10.0 Å². The lowest BCUT2D eigenvalue weighted by atomic mass is 10.2. The molecule has 1 aromatic rings. The van der Waals surface area contributed by atoms with Crippen LogP contribution in [-0.2, 0) is 14.3 Å². The number of hydrogen-bond donors (Lipinski definition) is 3. The van der Waals surface area contributed by atoms with Crippen molar-refractivity contribution < 1.29 is 19.1 Å². The first-order chi connectivity index (χ1) is 11.7. The number of esters is 1. The molecule has 3 amide bonds. The van der Waals surface area contributed by atoms with Gasteiger partial charge in [-0.05, 0) is 43.6 Å². The van der Waals surface area contributed by atoms with Gasteiger partial charge in [0.1, 0.15) is 6.04 Å². The van der Waals surface area contributed by atoms with Gasteiger partial charge in [0, 0.05) is 5.02 Å². The number of hydrogen-bond acceptors (Lipinski definition) is 5. The molecule has 1 aromatic carbocycles. The summed E-state index contributed by atoms with van der Waals surface area (Å²) >= 11 is 13.3. The minimum atomic E-state index is -1.10. The molecule has 0 saturated carbocycles. The Hall–Kier alpha value is -1.64. The number of anilines is 1. The van der Waals surface area contributed by atoms with Crippen LogP contribution in [0.25, 0.3) is 0 Å². The second kappa shape index (κ2) is 10.4. The SMILES string of the molecule is CSCC[C@H](NC(N)=O)C(=O)O[C@@H](C)C(=O)Nc1cc(Cl)ccc1Cl. The van der Waals surface area contributed by atoms with E-state index in [1.165, 1.54) is 30.8 Å². The number of amides is 3. The van der Waals surface area contributed by atoms with E-state index in [1.54, 1.807) is 6.07 Å². The van der Waals surface area contributed by atoms with Gasteiger partial charge in [0.15, 0.2) is 6.10 Å². The molecule has 1 rings (SSSR count). The van der Waals surface area contributed by atoms with Gasteiger partial charge >= 0.3 is 12.0 Å². The number of rotatable bonds is 8. The van der Waals surface area contributed by atoms with E-state index >= 15 is 0 Å². The highest BCUT2D eigenvalue weighted by Gasteiger charge is 2.26. The number of primary amides is 1. The van der Waals surface area contributed by atoms with E-state index in [1.807, 2.05) is 6.26 Å². The summed E-state index contributed by atoms with van der Waals surface area (Å²) in [5.74, 6) is -0.716. The summed E-state index contributed by atoms with van der Waals surface area (Å²) in [6, 6.07) is 2.83. The summed E-state index contributed by atoms with van der Waals surface area (Å²) in [5, 5.41) is 5.53. The minimum absolute atomic E-state index is 0.296. The zero-order valence-electron chi connectivity index (χ0n) is 13.7. The Morgan fingerprint density at radius 3 is 2.60 bits per heavy atom. The normalized spacial score (nSPS) is 12.8. The number of nitrogens with two attached hydrogens (primary N) is 1. The molecule has 0 aromatic heterocycles. The second-order valence-corrected chi connectivity index (χ2v) is 6.86. The van der Waals surface area contributed by atoms with Crippen molar-refractivity contribution in [3.63, 3.8) is 0 Å². The molecule has 138 valence electrons. The zero-order chi connectivity index (χ0) is 19.0. The van der Waals surface area contributed by atoms with Crippen molar-refractivity contribution in [2.75, 3.05) is 17.3 Å². The number of carbonyl (C=O) groups excluding carboxylic acids is 3. The molecule has 7 nitrogen and oxygen atoms in total. The quantitative estimate of drug-likeness (QED) is 0.573. The van der Waals surface area contributed by atoms with Crippen LogP contribution in [-0.4, -0.2) is 42.1 Å². The van der Waals surface area contributed by atoms with Crippen molar-refractivity contribution in [2.45, 2.75) is 25.5 Å². The molecular formula is C15H19Cl2N3O4S. The zero-order valence-corrected chi connectivity index (χ0v) is 16.0. The van der Waals surface area contributed by atoms with Gasteiger partial charge in [-0.1, -0.05) is 23.2 Å². The van der Waals surface area contributed by atoms with Crippen molar-refractivity contribution in [3.05, 3.63) is 28.2 Å². The smallest absolute Gasteiger partial charge is 0.329 e. The fourth-order valence-electron chi connectivity index (χ4n) is 1.79. The van der Waals surface area contributed by atoms with E-state index in [0.717, 1.165) is 0 Å². The number of thioether (sulfide) groups is 1. The Morgan fingerprint density at radius 2 is 2.00 bits per heavy atom. The molecule has 0 radical (unpaired) electrons. The molecule has 0 aliphatic carbocycles. The third kappa shape index (κ3) is 7.41. The van der Waals surface area contributed by atoms with Gasteiger partial charge < -0.3 is 21.1 Å². The van der Waals surface area contributed by atoms with Crippen LogP contribution in [0.1, 0.15) is 13.3 Å². The summed E-state index contributed by atoms with van der Waals surface area (Å²) in [6.07, 6.45) is 1.09. The third-order valence-corrected chi connectivity index (χ3v) is 4.27. The van der Waals surface area contributed by atoms with Gasteiger partial charge in [0.25, 0.3) is 5.91 Å². The van der Waals surface area contributed by atoms with Gasteiger partial charge in [0.2, 0.25) is 0 Å². The van der Waals surface area contributed by atoms with E-state index in [2.05, 4.69) is 10.6 Å². The van der Waals surface area contributed by atoms with Crippen LogP contribution >= 0.6 is 35.0 Å². The standard InChI is InChI=1S/C15H19Cl2N3O4S/c1-8(13(21)19-12-7-9(16)3-4-10(12)17)24-14(22)11(5-6-25-2)20-15(18)23/h3-4,7-8,11H,5-6H2,1-2H3,(H,19,21)(H3,18,20,23)/t8-,11-/m0/s1. The average Bonchev–Trinajstić information content (AvgIpc) is 2.54. The van der Waals surface area contributed by atoms with Crippen molar-refractivity contribution in [2.24, 2.45) is 5.73 Å². The van der Waals surface area contributed by atoms with Crippen LogP contribution in [0.15, 0.2) is 18.2 Å². The number of urea groups is 1. The first kappa shape index (κ1) is 21.4. The largest absolute Gasteiger partial charge is 0.451 e. The maximum Gasteiger partial charge on any atom is 0.329 e. The Bertz CT molecular complexity index is 645. The van der Waals surface area contributed by atoms with Gasteiger partial charge in [0.05, 0.1) is 10.7 Å². The predicted molar refractivity (Wildman–Crippen MR) is 100 cm³/mol. The molecule has 2 atom stereocenters. The Morgan fingerprint density at radius 1 is 1.32 bits per heavy atom. The van der Waals surface area contributed by atoms with Gasteiger partial charge in [-0.2, -0.15) is 11.8 Å². The van der Waals surface area contributed by atoms with Crippen LogP contribution in [0, 0.1) is 0 Å². The molecule has 0 unspecified atom stereocenters. The van der Waals surface area contributed by atoms with Crippen molar-refractivity contribution in [1.29, 1.82) is 0 Å². The van der Waals surface area contributed by atoms with Crippen molar-refractivity contribution in [3.8, 4) is 0 Å². The molecule has 0 aliphatic rings.